The highest BCUT2D eigenvalue weighted by Gasteiger charge is 2.29. The van der Waals surface area contributed by atoms with Crippen LogP contribution in [0.1, 0.15) is 19.8 Å². The molecule has 0 aliphatic heterocycles. The molecular formula is C16H20N4O. The highest BCUT2D eigenvalue weighted by atomic mass is 16.5. The Morgan fingerprint density at radius 2 is 2.00 bits per heavy atom. The van der Waals surface area contributed by atoms with Gasteiger partial charge in [-0.3, -0.25) is 0 Å². The minimum atomic E-state index is 0.375. The van der Waals surface area contributed by atoms with Crippen molar-refractivity contribution in [2.24, 2.45) is 0 Å². The fourth-order valence-corrected chi connectivity index (χ4v) is 2.52. The molecule has 0 amide bonds. The van der Waals surface area contributed by atoms with E-state index in [1.807, 2.05) is 37.3 Å². The first kappa shape index (κ1) is 13.8. The van der Waals surface area contributed by atoms with Gasteiger partial charge in [-0.25, -0.2) is 9.97 Å². The number of aromatic nitrogens is 2. The van der Waals surface area contributed by atoms with Gasteiger partial charge in [0.15, 0.2) is 5.82 Å². The van der Waals surface area contributed by atoms with Gasteiger partial charge in [-0.2, -0.15) is 0 Å². The predicted molar refractivity (Wildman–Crippen MR) is 83.9 cm³/mol. The maximum Gasteiger partial charge on any atom is 0.163 e. The average Bonchev–Trinajstić information content (AvgIpc) is 2.45. The van der Waals surface area contributed by atoms with E-state index in [4.69, 9.17) is 10.5 Å². The van der Waals surface area contributed by atoms with Crippen LogP contribution in [0, 0.1) is 0 Å². The number of nitrogens with two attached hydrogens (primary N) is 1. The molecule has 3 N–H and O–H groups in total. The van der Waals surface area contributed by atoms with Crippen molar-refractivity contribution in [3.8, 4) is 11.4 Å². The van der Waals surface area contributed by atoms with Crippen LogP contribution in [-0.2, 0) is 4.74 Å². The topological polar surface area (TPSA) is 73.1 Å². The van der Waals surface area contributed by atoms with Crippen LogP contribution in [0.5, 0.6) is 0 Å². The van der Waals surface area contributed by atoms with Gasteiger partial charge in [-0.05, 0) is 19.8 Å². The monoisotopic (exact) mass is 284 g/mol. The van der Waals surface area contributed by atoms with Crippen LogP contribution in [0.4, 0.5) is 11.6 Å². The lowest BCUT2D eigenvalue weighted by Gasteiger charge is -2.35. The third kappa shape index (κ3) is 3.31. The van der Waals surface area contributed by atoms with Gasteiger partial charge >= 0.3 is 0 Å². The lowest BCUT2D eigenvalue weighted by atomic mass is 9.89. The van der Waals surface area contributed by atoms with Crippen LogP contribution in [0.15, 0.2) is 36.4 Å². The molecule has 0 saturated heterocycles. The summed E-state index contributed by atoms with van der Waals surface area (Å²) in [4.78, 5) is 8.86. The van der Waals surface area contributed by atoms with Crippen LogP contribution in [0.25, 0.3) is 11.4 Å². The summed E-state index contributed by atoms with van der Waals surface area (Å²) in [5, 5.41) is 3.41. The van der Waals surface area contributed by atoms with Gasteiger partial charge in [-0.1, -0.05) is 30.3 Å². The maximum absolute atomic E-state index is 5.89. The zero-order valence-electron chi connectivity index (χ0n) is 12.1. The van der Waals surface area contributed by atoms with E-state index in [0.717, 1.165) is 30.8 Å². The fraction of sp³-hybridized carbons (Fsp3) is 0.375. The Morgan fingerprint density at radius 3 is 2.71 bits per heavy atom. The lowest BCUT2D eigenvalue weighted by Crippen LogP contribution is -2.41. The SMILES string of the molecule is CCOC1CC(Nc2cc(N)nc(-c3ccccc3)n2)C1. The van der Waals surface area contributed by atoms with Crippen molar-refractivity contribution in [1.82, 2.24) is 9.97 Å². The first-order valence-corrected chi connectivity index (χ1v) is 7.32. The Balaban J connectivity index is 1.71. The van der Waals surface area contributed by atoms with Gasteiger partial charge in [0.2, 0.25) is 0 Å². The summed E-state index contributed by atoms with van der Waals surface area (Å²) >= 11 is 0. The summed E-state index contributed by atoms with van der Waals surface area (Å²) in [6, 6.07) is 12.0. The summed E-state index contributed by atoms with van der Waals surface area (Å²) in [5.41, 5.74) is 6.86. The van der Waals surface area contributed by atoms with Crippen molar-refractivity contribution in [2.75, 3.05) is 17.7 Å². The first-order valence-electron chi connectivity index (χ1n) is 7.32. The Labute approximate surface area is 124 Å². The largest absolute Gasteiger partial charge is 0.384 e. The van der Waals surface area contributed by atoms with Gasteiger partial charge in [0.25, 0.3) is 0 Å². The quantitative estimate of drug-likeness (QED) is 0.883. The third-order valence-corrected chi connectivity index (χ3v) is 3.63. The molecule has 1 saturated carbocycles. The number of nitrogens with one attached hydrogen (secondary N) is 1. The lowest BCUT2D eigenvalue weighted by molar-refractivity contribution is 0.00293. The van der Waals surface area contributed by atoms with Crippen molar-refractivity contribution in [2.45, 2.75) is 31.9 Å². The number of nitrogen functional groups attached to an aromatic ring is 1. The summed E-state index contributed by atoms with van der Waals surface area (Å²) < 4.78 is 5.57. The van der Waals surface area contributed by atoms with Crippen molar-refractivity contribution in [3.05, 3.63) is 36.4 Å². The third-order valence-electron chi connectivity index (χ3n) is 3.63. The second kappa shape index (κ2) is 6.10. The van der Waals surface area contributed by atoms with Crippen molar-refractivity contribution in [1.29, 1.82) is 0 Å². The number of nitrogens with zero attached hydrogens (tertiary/aromatic N) is 2. The van der Waals surface area contributed by atoms with Crippen LogP contribution >= 0.6 is 0 Å². The van der Waals surface area contributed by atoms with E-state index in [9.17, 15) is 0 Å². The molecule has 0 radical (unpaired) electrons. The molecule has 1 aliphatic rings. The summed E-state index contributed by atoms with van der Waals surface area (Å²) in [5.74, 6) is 1.91. The Bertz CT molecular complexity index is 596. The highest BCUT2D eigenvalue weighted by molar-refractivity contribution is 5.60. The maximum atomic E-state index is 5.89. The summed E-state index contributed by atoms with van der Waals surface area (Å²) in [6.45, 7) is 2.80. The standard InChI is InChI=1S/C16H20N4O/c1-2-21-13-8-12(9-13)18-15-10-14(17)19-16(20-15)11-6-4-3-5-7-11/h3-7,10,12-13H,2,8-9H2,1H3,(H3,17,18,19,20). The van der Waals surface area contributed by atoms with Crippen molar-refractivity contribution < 1.29 is 4.74 Å². The van der Waals surface area contributed by atoms with E-state index >= 15 is 0 Å². The van der Waals surface area contributed by atoms with Gasteiger partial charge < -0.3 is 15.8 Å². The Hall–Kier alpha value is -2.14. The average molecular weight is 284 g/mol. The highest BCUT2D eigenvalue weighted by Crippen LogP contribution is 2.27. The number of ether oxygens (including phenoxy) is 1. The van der Waals surface area contributed by atoms with Crippen LogP contribution in [-0.4, -0.2) is 28.7 Å². The molecule has 1 aromatic heterocycles. The van der Waals surface area contributed by atoms with Crippen LogP contribution < -0.4 is 11.1 Å². The zero-order chi connectivity index (χ0) is 14.7. The Kier molecular flexibility index (Phi) is 4.01. The van der Waals surface area contributed by atoms with Gasteiger partial charge in [0.1, 0.15) is 11.6 Å². The molecule has 5 heteroatoms. The van der Waals surface area contributed by atoms with Crippen LogP contribution in [0.3, 0.4) is 0 Å². The molecule has 2 aromatic rings. The van der Waals surface area contributed by atoms with Crippen LogP contribution in [0.2, 0.25) is 0 Å². The predicted octanol–water partition coefficient (Wildman–Crippen LogP) is 2.71. The molecule has 1 fully saturated rings. The summed E-state index contributed by atoms with van der Waals surface area (Å²) in [7, 11) is 0. The second-order valence-corrected chi connectivity index (χ2v) is 5.26. The first-order chi connectivity index (χ1) is 10.2. The number of benzene rings is 1. The van der Waals surface area contributed by atoms with E-state index in [2.05, 4.69) is 15.3 Å². The number of anilines is 2. The molecule has 0 spiro atoms. The molecule has 0 bridgehead atoms. The molecular weight excluding hydrogens is 264 g/mol. The normalized spacial score (nSPS) is 20.8. The number of hydrogen-bond acceptors (Lipinski definition) is 5. The Morgan fingerprint density at radius 1 is 1.24 bits per heavy atom. The zero-order valence-corrected chi connectivity index (χ0v) is 12.1. The molecule has 1 aromatic carbocycles. The van der Waals surface area contributed by atoms with Crippen molar-refractivity contribution >= 4 is 11.6 Å². The van der Waals surface area contributed by atoms with E-state index in [-0.39, 0.29) is 0 Å². The molecule has 5 nitrogen and oxygen atoms in total. The molecule has 21 heavy (non-hydrogen) atoms. The summed E-state index contributed by atoms with van der Waals surface area (Å²) in [6.07, 6.45) is 2.40. The molecule has 0 unspecified atom stereocenters. The second-order valence-electron chi connectivity index (χ2n) is 5.26. The van der Waals surface area contributed by atoms with E-state index in [0.29, 0.717) is 23.8 Å². The molecule has 1 heterocycles. The fourth-order valence-electron chi connectivity index (χ4n) is 2.52. The van der Waals surface area contributed by atoms with Crippen molar-refractivity contribution in [3.63, 3.8) is 0 Å². The van der Waals surface area contributed by atoms with E-state index < -0.39 is 0 Å². The minimum Gasteiger partial charge on any atom is -0.384 e. The van der Waals surface area contributed by atoms with Gasteiger partial charge in [0.05, 0.1) is 6.10 Å². The number of rotatable bonds is 5. The molecule has 1 aliphatic carbocycles. The molecule has 3 rings (SSSR count). The van der Waals surface area contributed by atoms with Gasteiger partial charge in [-0.15, -0.1) is 0 Å². The molecule has 110 valence electrons. The minimum absolute atomic E-state index is 0.375. The van der Waals surface area contributed by atoms with E-state index in [1.165, 1.54) is 0 Å². The number of hydrogen-bond donors (Lipinski definition) is 2. The van der Waals surface area contributed by atoms with E-state index in [1.54, 1.807) is 6.07 Å². The van der Waals surface area contributed by atoms with Gasteiger partial charge in [0, 0.05) is 24.3 Å². The molecule has 0 atom stereocenters. The smallest absolute Gasteiger partial charge is 0.163 e.